The molecule has 1 aromatic heterocycles. The number of hydrogen-bond donors (Lipinski definition) is 1. The number of anilines is 1. The molecular weight excluding hydrogens is 270 g/mol. The fraction of sp³-hybridized carbons (Fsp3) is 0.600. The summed E-state index contributed by atoms with van der Waals surface area (Å²) >= 11 is 1.81. The average molecular weight is 295 g/mol. The van der Waals surface area contributed by atoms with Gasteiger partial charge in [-0.2, -0.15) is 11.8 Å². The van der Waals surface area contributed by atoms with E-state index >= 15 is 0 Å². The van der Waals surface area contributed by atoms with Gasteiger partial charge in [0.1, 0.15) is 5.82 Å². The van der Waals surface area contributed by atoms with Crippen LogP contribution < -0.4 is 5.32 Å². The summed E-state index contributed by atoms with van der Waals surface area (Å²) in [6, 6.07) is 3.95. The molecule has 0 fully saturated rings. The molecule has 112 valence electrons. The Morgan fingerprint density at radius 1 is 1.50 bits per heavy atom. The molecule has 1 atom stereocenters. The molecule has 20 heavy (non-hydrogen) atoms. The molecule has 1 amide bonds. The first kappa shape index (κ1) is 16.8. The summed E-state index contributed by atoms with van der Waals surface area (Å²) in [6.45, 7) is 5.08. The maximum atomic E-state index is 12.3. The van der Waals surface area contributed by atoms with Gasteiger partial charge in [0, 0.05) is 25.8 Å². The zero-order valence-corrected chi connectivity index (χ0v) is 13.7. The van der Waals surface area contributed by atoms with Crippen molar-refractivity contribution in [1.29, 1.82) is 0 Å². The Bertz CT molecular complexity index is 408. The average Bonchev–Trinajstić information content (AvgIpc) is 2.49. The number of hydrogen-bond acceptors (Lipinski definition) is 4. The van der Waals surface area contributed by atoms with Gasteiger partial charge < -0.3 is 10.2 Å². The lowest BCUT2D eigenvalue weighted by atomic mass is 10.2. The predicted molar refractivity (Wildman–Crippen MR) is 87.6 cm³/mol. The first-order valence-electron chi connectivity index (χ1n) is 7.06. The number of aromatic nitrogens is 1. The largest absolute Gasteiger partial charge is 0.370 e. The van der Waals surface area contributed by atoms with Crippen LogP contribution in [0.4, 0.5) is 5.82 Å². The Morgan fingerprint density at radius 3 is 2.80 bits per heavy atom. The first-order chi connectivity index (χ1) is 9.60. The van der Waals surface area contributed by atoms with E-state index in [0.717, 1.165) is 31.0 Å². The van der Waals surface area contributed by atoms with E-state index in [2.05, 4.69) is 30.4 Å². The number of carbonyl (C=O) groups is 1. The zero-order valence-electron chi connectivity index (χ0n) is 12.8. The highest BCUT2D eigenvalue weighted by Gasteiger charge is 2.17. The first-order valence-corrected chi connectivity index (χ1v) is 8.45. The number of carbonyl (C=O) groups excluding carboxylic acids is 1. The summed E-state index contributed by atoms with van der Waals surface area (Å²) < 4.78 is 0. The molecule has 0 aliphatic rings. The van der Waals surface area contributed by atoms with Crippen molar-refractivity contribution in [1.82, 2.24) is 9.88 Å². The van der Waals surface area contributed by atoms with Gasteiger partial charge in [0.25, 0.3) is 5.91 Å². The Morgan fingerprint density at radius 2 is 2.25 bits per heavy atom. The number of rotatable bonds is 8. The van der Waals surface area contributed by atoms with Crippen molar-refractivity contribution in [2.75, 3.05) is 30.9 Å². The zero-order chi connectivity index (χ0) is 15.0. The molecule has 0 saturated carbocycles. The number of amides is 1. The molecule has 0 spiro atoms. The lowest BCUT2D eigenvalue weighted by Crippen LogP contribution is -2.35. The van der Waals surface area contributed by atoms with Gasteiger partial charge in [0.2, 0.25) is 0 Å². The molecule has 1 heterocycles. The van der Waals surface area contributed by atoms with E-state index in [1.54, 1.807) is 22.9 Å². The SMILES string of the molecule is CCCNc1ccc(C(=O)N(C)C(C)CCSC)cn1. The summed E-state index contributed by atoms with van der Waals surface area (Å²) in [5, 5.41) is 3.20. The van der Waals surface area contributed by atoms with Crippen molar-refractivity contribution in [2.45, 2.75) is 32.7 Å². The molecule has 1 unspecified atom stereocenters. The van der Waals surface area contributed by atoms with E-state index in [0.29, 0.717) is 5.56 Å². The molecule has 0 aliphatic heterocycles. The fourth-order valence-corrected chi connectivity index (χ4v) is 2.34. The van der Waals surface area contributed by atoms with E-state index < -0.39 is 0 Å². The highest BCUT2D eigenvalue weighted by Crippen LogP contribution is 2.12. The van der Waals surface area contributed by atoms with Crippen LogP contribution >= 0.6 is 11.8 Å². The molecule has 1 rings (SSSR count). The lowest BCUT2D eigenvalue weighted by molar-refractivity contribution is 0.0741. The smallest absolute Gasteiger partial charge is 0.255 e. The second kappa shape index (κ2) is 8.84. The second-order valence-corrected chi connectivity index (χ2v) is 5.89. The van der Waals surface area contributed by atoms with Crippen LogP contribution in [0, 0.1) is 0 Å². The summed E-state index contributed by atoms with van der Waals surface area (Å²) in [4.78, 5) is 18.4. The summed E-state index contributed by atoms with van der Waals surface area (Å²) in [6.07, 6.45) is 5.80. The van der Waals surface area contributed by atoms with E-state index in [9.17, 15) is 4.79 Å². The highest BCUT2D eigenvalue weighted by atomic mass is 32.2. The molecule has 5 heteroatoms. The van der Waals surface area contributed by atoms with Crippen molar-refractivity contribution < 1.29 is 4.79 Å². The maximum absolute atomic E-state index is 12.3. The van der Waals surface area contributed by atoms with Gasteiger partial charge in [-0.1, -0.05) is 6.92 Å². The van der Waals surface area contributed by atoms with Crippen molar-refractivity contribution in [3.63, 3.8) is 0 Å². The minimum absolute atomic E-state index is 0.0353. The van der Waals surface area contributed by atoms with E-state index in [1.165, 1.54) is 0 Å². The molecule has 1 N–H and O–H groups in total. The van der Waals surface area contributed by atoms with Crippen LogP contribution in [-0.2, 0) is 0 Å². The molecule has 0 aliphatic carbocycles. The Hall–Kier alpha value is -1.23. The van der Waals surface area contributed by atoms with Gasteiger partial charge >= 0.3 is 0 Å². The van der Waals surface area contributed by atoms with Crippen molar-refractivity contribution in [2.24, 2.45) is 0 Å². The third-order valence-corrected chi connectivity index (χ3v) is 3.93. The third-order valence-electron chi connectivity index (χ3n) is 3.29. The number of thioether (sulfide) groups is 1. The number of pyridine rings is 1. The van der Waals surface area contributed by atoms with Crippen LogP contribution in [0.3, 0.4) is 0 Å². The van der Waals surface area contributed by atoms with Crippen LogP contribution in [0.5, 0.6) is 0 Å². The van der Waals surface area contributed by atoms with E-state index in [-0.39, 0.29) is 11.9 Å². The summed E-state index contributed by atoms with van der Waals surface area (Å²) in [5.41, 5.74) is 0.644. The minimum Gasteiger partial charge on any atom is -0.370 e. The van der Waals surface area contributed by atoms with Gasteiger partial charge in [-0.15, -0.1) is 0 Å². The summed E-state index contributed by atoms with van der Waals surface area (Å²) in [5.74, 6) is 1.92. The van der Waals surface area contributed by atoms with Crippen LogP contribution in [0.25, 0.3) is 0 Å². The van der Waals surface area contributed by atoms with Crippen LogP contribution in [0.2, 0.25) is 0 Å². The van der Waals surface area contributed by atoms with E-state index in [1.807, 2.05) is 19.2 Å². The van der Waals surface area contributed by atoms with Crippen molar-refractivity contribution >= 4 is 23.5 Å². The number of nitrogens with one attached hydrogen (secondary N) is 1. The van der Waals surface area contributed by atoms with Gasteiger partial charge in [0.15, 0.2) is 0 Å². The Balaban J connectivity index is 2.62. The minimum atomic E-state index is 0.0353. The quantitative estimate of drug-likeness (QED) is 0.800. The maximum Gasteiger partial charge on any atom is 0.255 e. The van der Waals surface area contributed by atoms with Crippen LogP contribution in [0.1, 0.15) is 37.0 Å². The molecule has 1 aromatic rings. The number of nitrogens with zero attached hydrogens (tertiary/aromatic N) is 2. The van der Waals surface area contributed by atoms with Crippen LogP contribution in [-0.4, -0.2) is 47.4 Å². The molecule has 0 aromatic carbocycles. The topological polar surface area (TPSA) is 45.2 Å². The molecule has 0 saturated heterocycles. The second-order valence-electron chi connectivity index (χ2n) is 4.91. The van der Waals surface area contributed by atoms with E-state index in [4.69, 9.17) is 0 Å². The normalized spacial score (nSPS) is 12.0. The molecule has 0 radical (unpaired) electrons. The lowest BCUT2D eigenvalue weighted by Gasteiger charge is -2.24. The fourth-order valence-electron chi connectivity index (χ4n) is 1.76. The van der Waals surface area contributed by atoms with Gasteiger partial charge in [-0.3, -0.25) is 4.79 Å². The van der Waals surface area contributed by atoms with Gasteiger partial charge in [-0.05, 0) is 43.9 Å². The van der Waals surface area contributed by atoms with Gasteiger partial charge in [-0.25, -0.2) is 4.98 Å². The van der Waals surface area contributed by atoms with Crippen LogP contribution in [0.15, 0.2) is 18.3 Å². The molecule has 4 nitrogen and oxygen atoms in total. The molecular formula is C15H25N3OS. The van der Waals surface area contributed by atoms with Crippen molar-refractivity contribution in [3.05, 3.63) is 23.9 Å². The Kier molecular flexibility index (Phi) is 7.44. The Labute approximate surface area is 126 Å². The third kappa shape index (κ3) is 5.04. The molecule has 0 bridgehead atoms. The predicted octanol–water partition coefficient (Wildman–Crippen LogP) is 3.12. The highest BCUT2D eigenvalue weighted by molar-refractivity contribution is 7.98. The standard InChI is InChI=1S/C15H25N3OS/c1-5-9-16-14-7-6-13(11-17-14)15(19)18(3)12(2)8-10-20-4/h6-7,11-12H,5,8-10H2,1-4H3,(H,16,17). The van der Waals surface area contributed by atoms with Crippen molar-refractivity contribution in [3.8, 4) is 0 Å². The summed E-state index contributed by atoms with van der Waals surface area (Å²) in [7, 11) is 1.86. The monoisotopic (exact) mass is 295 g/mol. The van der Waals surface area contributed by atoms with Gasteiger partial charge in [0.05, 0.1) is 5.56 Å².